The number of rotatable bonds is 7. The van der Waals surface area contributed by atoms with Gasteiger partial charge in [0.05, 0.1) is 19.3 Å². The van der Waals surface area contributed by atoms with Gasteiger partial charge >= 0.3 is 16.4 Å². The Balaban J connectivity index is 0.000000397. The summed E-state index contributed by atoms with van der Waals surface area (Å²) in [6.07, 6.45) is 4.18. The van der Waals surface area contributed by atoms with Crippen LogP contribution >= 0.6 is 0 Å². The summed E-state index contributed by atoms with van der Waals surface area (Å²) in [6, 6.07) is 3.60. The Morgan fingerprint density at radius 1 is 1.29 bits per heavy atom. The second-order valence-corrected chi connectivity index (χ2v) is 6.85. The molecule has 0 aliphatic carbocycles. The molecule has 2 bridgehead atoms. The van der Waals surface area contributed by atoms with Gasteiger partial charge in [-0.25, -0.2) is 10.3 Å². The maximum Gasteiger partial charge on any atom is 0.418 e. The summed E-state index contributed by atoms with van der Waals surface area (Å²) >= 11 is 0. The standard InChI is InChI=1S/C10H17N3O8S.C5H5N/c1-19-4-5-20-11-9(14)8-3-2-7-6-12(8)10(15)13(7)21-22(16,17)18;1-2-4-6-5-3-1/h7-8H,2-6H2,1H3,(H,11,14)(H,16,17,18);1-5H/t7-,8+;/m1./s1. The maximum atomic E-state index is 12.1. The number of nitrogens with one attached hydrogen (secondary N) is 1. The number of carbonyl (C=O) groups excluding carboxylic acids is 2. The molecule has 3 amide bonds. The Kier molecular flexibility index (Phi) is 8.07. The van der Waals surface area contributed by atoms with Crippen molar-refractivity contribution in [2.75, 3.05) is 26.9 Å². The van der Waals surface area contributed by atoms with E-state index in [-0.39, 0.29) is 13.2 Å². The summed E-state index contributed by atoms with van der Waals surface area (Å²) in [5.41, 5.74) is 2.21. The van der Waals surface area contributed by atoms with E-state index in [2.05, 4.69) is 14.7 Å². The van der Waals surface area contributed by atoms with Crippen molar-refractivity contribution in [1.82, 2.24) is 20.4 Å². The van der Waals surface area contributed by atoms with Crippen molar-refractivity contribution in [1.29, 1.82) is 0 Å². The van der Waals surface area contributed by atoms with Crippen LogP contribution in [-0.4, -0.2) is 78.8 Å². The number of urea groups is 1. The normalized spacial score (nSPS) is 21.1. The van der Waals surface area contributed by atoms with Crippen molar-refractivity contribution >= 4 is 22.3 Å². The predicted molar refractivity (Wildman–Crippen MR) is 93.6 cm³/mol. The van der Waals surface area contributed by atoms with Gasteiger partial charge in [-0.05, 0) is 25.0 Å². The Labute approximate surface area is 162 Å². The first-order valence-corrected chi connectivity index (χ1v) is 9.72. The van der Waals surface area contributed by atoms with Gasteiger partial charge in [-0.1, -0.05) is 6.07 Å². The van der Waals surface area contributed by atoms with E-state index in [4.69, 9.17) is 14.1 Å². The first kappa shape index (κ1) is 22.0. The van der Waals surface area contributed by atoms with E-state index in [1.807, 2.05) is 18.2 Å². The number of hydrogen-bond donors (Lipinski definition) is 2. The van der Waals surface area contributed by atoms with E-state index in [1.54, 1.807) is 12.4 Å². The molecule has 2 aliphatic rings. The molecular formula is C15H22N4O8S. The highest BCUT2D eigenvalue weighted by Gasteiger charge is 2.49. The molecule has 2 N–H and O–H groups in total. The number of amides is 3. The highest BCUT2D eigenvalue weighted by atomic mass is 32.3. The largest absolute Gasteiger partial charge is 0.418 e. The van der Waals surface area contributed by atoms with Gasteiger partial charge in [0.25, 0.3) is 5.91 Å². The number of methoxy groups -OCH3 is 1. The van der Waals surface area contributed by atoms with Crippen LogP contribution in [0, 0.1) is 0 Å². The number of hydrogen-bond acceptors (Lipinski definition) is 8. The molecule has 3 rings (SSSR count). The summed E-state index contributed by atoms with van der Waals surface area (Å²) in [5.74, 6) is -0.517. The molecule has 156 valence electrons. The van der Waals surface area contributed by atoms with E-state index < -0.39 is 34.4 Å². The third-order valence-electron chi connectivity index (χ3n) is 3.93. The van der Waals surface area contributed by atoms with Crippen LogP contribution in [0.2, 0.25) is 0 Å². The number of ether oxygens (including phenoxy) is 1. The van der Waals surface area contributed by atoms with Crippen LogP contribution in [0.1, 0.15) is 12.8 Å². The molecule has 1 aromatic rings. The smallest absolute Gasteiger partial charge is 0.382 e. The molecule has 3 heterocycles. The van der Waals surface area contributed by atoms with Crippen LogP contribution in [0.25, 0.3) is 0 Å². The predicted octanol–water partition coefficient (Wildman–Crippen LogP) is -0.235. The molecule has 2 atom stereocenters. The number of piperidine rings is 1. The molecule has 1 aromatic heterocycles. The second-order valence-electron chi connectivity index (χ2n) is 5.84. The molecule has 0 radical (unpaired) electrons. The lowest BCUT2D eigenvalue weighted by Crippen LogP contribution is -2.49. The zero-order valence-corrected chi connectivity index (χ0v) is 15.9. The number of aromatic nitrogens is 1. The minimum absolute atomic E-state index is 0.129. The molecule has 12 nitrogen and oxygen atoms in total. The number of carbonyl (C=O) groups is 2. The lowest BCUT2D eigenvalue weighted by Gasteiger charge is -2.28. The quantitative estimate of drug-likeness (QED) is 0.348. The molecule has 0 saturated carbocycles. The van der Waals surface area contributed by atoms with E-state index >= 15 is 0 Å². The van der Waals surface area contributed by atoms with Crippen molar-refractivity contribution in [3.63, 3.8) is 0 Å². The van der Waals surface area contributed by atoms with E-state index in [1.165, 1.54) is 12.0 Å². The monoisotopic (exact) mass is 418 g/mol. The van der Waals surface area contributed by atoms with Crippen molar-refractivity contribution in [2.24, 2.45) is 0 Å². The topological polar surface area (TPSA) is 148 Å². The zero-order chi connectivity index (χ0) is 20.6. The molecule has 2 saturated heterocycles. The van der Waals surface area contributed by atoms with Gasteiger partial charge < -0.3 is 9.64 Å². The van der Waals surface area contributed by atoms with Crippen molar-refractivity contribution in [2.45, 2.75) is 24.9 Å². The van der Waals surface area contributed by atoms with E-state index in [9.17, 15) is 18.0 Å². The molecule has 0 spiro atoms. The third-order valence-corrected chi connectivity index (χ3v) is 4.28. The second kappa shape index (κ2) is 10.3. The average molecular weight is 418 g/mol. The van der Waals surface area contributed by atoms with Crippen LogP contribution in [-0.2, 0) is 29.1 Å². The summed E-state index contributed by atoms with van der Waals surface area (Å²) in [6.45, 7) is 0.583. The fourth-order valence-corrected chi connectivity index (χ4v) is 3.12. The highest BCUT2D eigenvalue weighted by Crippen LogP contribution is 2.30. The first-order valence-electron chi connectivity index (χ1n) is 8.36. The third kappa shape index (κ3) is 6.38. The number of hydroxylamine groups is 3. The first-order chi connectivity index (χ1) is 13.3. The van der Waals surface area contributed by atoms with Gasteiger partial charge in [0.1, 0.15) is 6.04 Å². The molecule has 0 unspecified atom stereocenters. The fourth-order valence-electron chi connectivity index (χ4n) is 2.73. The number of pyridine rings is 1. The van der Waals surface area contributed by atoms with Crippen molar-refractivity contribution in [3.8, 4) is 0 Å². The van der Waals surface area contributed by atoms with Gasteiger partial charge in [-0.2, -0.15) is 13.5 Å². The summed E-state index contributed by atoms with van der Waals surface area (Å²) in [4.78, 5) is 33.9. The molecule has 2 aliphatic heterocycles. The van der Waals surface area contributed by atoms with Gasteiger partial charge in [-0.3, -0.25) is 19.2 Å². The summed E-state index contributed by atoms with van der Waals surface area (Å²) < 4.78 is 39.2. The Bertz CT molecular complexity index is 721. The van der Waals surface area contributed by atoms with Crippen molar-refractivity contribution < 1.29 is 36.4 Å². The van der Waals surface area contributed by atoms with Gasteiger partial charge in [-0.15, -0.1) is 4.28 Å². The molecule has 28 heavy (non-hydrogen) atoms. The average Bonchev–Trinajstić information content (AvgIpc) is 2.90. The Morgan fingerprint density at radius 3 is 2.54 bits per heavy atom. The minimum atomic E-state index is -4.80. The minimum Gasteiger partial charge on any atom is -0.382 e. The van der Waals surface area contributed by atoms with Crippen LogP contribution in [0.4, 0.5) is 4.79 Å². The molecule has 0 aromatic carbocycles. The SMILES string of the molecule is COCCONC(=O)[C@@H]1CC[C@@H]2CN1C(=O)N2OS(=O)(=O)O.c1ccncc1. The molecule has 13 heteroatoms. The van der Waals surface area contributed by atoms with Gasteiger partial charge in [0, 0.05) is 26.0 Å². The van der Waals surface area contributed by atoms with Gasteiger partial charge in [0.2, 0.25) is 0 Å². The summed E-state index contributed by atoms with van der Waals surface area (Å²) in [5, 5.41) is 0.578. The Hall–Kier alpha value is -2.32. The van der Waals surface area contributed by atoms with Crippen LogP contribution in [0.5, 0.6) is 0 Å². The zero-order valence-electron chi connectivity index (χ0n) is 15.1. The molecule has 2 fully saturated rings. The number of nitrogens with zero attached hydrogens (tertiary/aromatic N) is 3. The van der Waals surface area contributed by atoms with Gasteiger partial charge in [0.15, 0.2) is 0 Å². The van der Waals surface area contributed by atoms with Crippen LogP contribution in [0.3, 0.4) is 0 Å². The van der Waals surface area contributed by atoms with Crippen LogP contribution in [0.15, 0.2) is 30.6 Å². The summed E-state index contributed by atoms with van der Waals surface area (Å²) in [7, 11) is -3.31. The maximum absolute atomic E-state index is 12.1. The lowest BCUT2D eigenvalue weighted by atomic mass is 10.0. The van der Waals surface area contributed by atoms with E-state index in [0.717, 1.165) is 0 Å². The van der Waals surface area contributed by atoms with E-state index in [0.29, 0.717) is 24.5 Å². The Morgan fingerprint density at radius 2 is 2.00 bits per heavy atom. The van der Waals surface area contributed by atoms with Crippen molar-refractivity contribution in [3.05, 3.63) is 30.6 Å². The number of fused-ring (bicyclic) bond motifs is 2. The van der Waals surface area contributed by atoms with Crippen LogP contribution < -0.4 is 5.48 Å². The lowest BCUT2D eigenvalue weighted by molar-refractivity contribution is -0.139. The highest BCUT2D eigenvalue weighted by molar-refractivity contribution is 7.80. The molecular weight excluding hydrogens is 396 g/mol. The fraction of sp³-hybridized carbons (Fsp3) is 0.533.